The molecule has 1 aliphatic carbocycles. The third kappa shape index (κ3) is 5.70. The Morgan fingerprint density at radius 3 is 2.06 bits per heavy atom. The second kappa shape index (κ2) is 12.8. The van der Waals surface area contributed by atoms with E-state index >= 15 is 0 Å². The van der Waals surface area contributed by atoms with Gasteiger partial charge in [-0.25, -0.2) is 4.79 Å². The van der Waals surface area contributed by atoms with Gasteiger partial charge in [0.1, 0.15) is 6.54 Å². The molecule has 4 aromatic carbocycles. The lowest BCUT2D eigenvalue weighted by Gasteiger charge is -2.31. The standard InChI is InChI=1S/C38H35N5O5/c1-24(26-10-3-2-4-11-26)39-38(48)40-27-20-18-25(19-21-27)22-41-32-15-7-8-16-33(32)43(31-17-9-14-30(31)37(41)47)34(44)23-42-35(45)28-12-5-6-13-29(28)36(42)46/h2-8,10-13,15-16,18-21,24,30-31H,9,14,17,22-23H2,1H3,(H2,39,40,48)/t24-,30+,31-/m1/s1. The minimum atomic E-state index is -0.492. The lowest BCUT2D eigenvalue weighted by molar-refractivity contribution is -0.123. The van der Waals surface area contributed by atoms with Gasteiger partial charge < -0.3 is 20.4 Å². The van der Waals surface area contributed by atoms with Gasteiger partial charge >= 0.3 is 6.03 Å². The van der Waals surface area contributed by atoms with Crippen LogP contribution in [0.1, 0.15) is 64.1 Å². The molecular formula is C38H35N5O5. The number of amides is 6. The summed E-state index contributed by atoms with van der Waals surface area (Å²) in [6.07, 6.45) is 2.04. The third-order valence-corrected chi connectivity index (χ3v) is 9.47. The number of carbonyl (C=O) groups is 5. The molecular weight excluding hydrogens is 606 g/mol. The Kier molecular flexibility index (Phi) is 8.22. The van der Waals surface area contributed by atoms with Crippen molar-refractivity contribution in [2.45, 2.75) is 44.8 Å². The van der Waals surface area contributed by atoms with Crippen LogP contribution in [0.2, 0.25) is 0 Å². The fraction of sp³-hybridized carbons (Fsp3) is 0.237. The molecule has 0 bridgehead atoms. The van der Waals surface area contributed by atoms with Crippen molar-refractivity contribution < 1.29 is 24.0 Å². The Hall–Kier alpha value is -5.77. The average molecular weight is 642 g/mol. The number of imide groups is 1. The Labute approximate surface area is 278 Å². The number of rotatable bonds is 7. The second-order valence-corrected chi connectivity index (χ2v) is 12.5. The minimum Gasteiger partial charge on any atom is -0.331 e. The lowest BCUT2D eigenvalue weighted by atomic mass is 10.0. The highest BCUT2D eigenvalue weighted by Gasteiger charge is 2.47. The summed E-state index contributed by atoms with van der Waals surface area (Å²) in [5.41, 5.74) is 4.19. The molecule has 10 heteroatoms. The van der Waals surface area contributed by atoms with Gasteiger partial charge in [-0.2, -0.15) is 0 Å². The van der Waals surface area contributed by atoms with Crippen molar-refractivity contribution in [3.05, 3.63) is 125 Å². The van der Waals surface area contributed by atoms with Crippen LogP contribution in [0.15, 0.2) is 103 Å². The molecule has 0 saturated heterocycles. The largest absolute Gasteiger partial charge is 0.331 e. The van der Waals surface area contributed by atoms with E-state index in [9.17, 15) is 24.0 Å². The van der Waals surface area contributed by atoms with Gasteiger partial charge in [0.25, 0.3) is 11.8 Å². The molecule has 2 N–H and O–H groups in total. The van der Waals surface area contributed by atoms with Crippen LogP contribution in [-0.4, -0.2) is 47.1 Å². The number of fused-ring (bicyclic) bond motifs is 3. The molecule has 2 heterocycles. The van der Waals surface area contributed by atoms with Crippen LogP contribution in [0.4, 0.5) is 21.9 Å². The predicted octanol–water partition coefficient (Wildman–Crippen LogP) is 5.91. The molecule has 10 nitrogen and oxygen atoms in total. The van der Waals surface area contributed by atoms with Gasteiger partial charge in [-0.15, -0.1) is 0 Å². The zero-order valence-corrected chi connectivity index (χ0v) is 26.5. The Bertz CT molecular complexity index is 1880. The maximum atomic E-state index is 14.2. The van der Waals surface area contributed by atoms with E-state index in [4.69, 9.17) is 0 Å². The van der Waals surface area contributed by atoms with Crippen molar-refractivity contribution in [3.63, 3.8) is 0 Å². The van der Waals surface area contributed by atoms with Crippen LogP contribution >= 0.6 is 0 Å². The molecule has 1 fully saturated rings. The van der Waals surface area contributed by atoms with Gasteiger partial charge in [0.15, 0.2) is 0 Å². The van der Waals surface area contributed by atoms with E-state index in [0.717, 1.165) is 22.4 Å². The summed E-state index contributed by atoms with van der Waals surface area (Å²) in [5, 5.41) is 5.81. The number of urea groups is 1. The number of benzene rings is 4. The predicted molar refractivity (Wildman–Crippen MR) is 182 cm³/mol. The number of anilines is 3. The normalized spacial score (nSPS) is 18.9. The van der Waals surface area contributed by atoms with Gasteiger partial charge in [0, 0.05) is 11.7 Å². The Balaban J connectivity index is 1.10. The van der Waals surface area contributed by atoms with E-state index in [0.29, 0.717) is 29.9 Å². The number of nitrogens with zero attached hydrogens (tertiary/aromatic N) is 3. The maximum absolute atomic E-state index is 14.2. The molecule has 0 aromatic heterocycles. The topological polar surface area (TPSA) is 119 Å². The summed E-state index contributed by atoms with van der Waals surface area (Å²) in [4.78, 5) is 71.6. The minimum absolute atomic E-state index is 0.0718. The molecule has 0 spiro atoms. The van der Waals surface area contributed by atoms with Crippen LogP contribution in [0.3, 0.4) is 0 Å². The average Bonchev–Trinajstić information content (AvgIpc) is 3.65. The number of hydrogen-bond acceptors (Lipinski definition) is 5. The molecule has 48 heavy (non-hydrogen) atoms. The van der Waals surface area contributed by atoms with Gasteiger partial charge in [0.05, 0.1) is 41.0 Å². The fourth-order valence-corrected chi connectivity index (χ4v) is 7.07. The molecule has 242 valence electrons. The highest BCUT2D eigenvalue weighted by molar-refractivity contribution is 6.23. The van der Waals surface area contributed by atoms with Crippen LogP contribution in [0, 0.1) is 5.92 Å². The SMILES string of the molecule is C[C@@H](NC(=O)Nc1ccc(CN2C(=O)[C@H]3CCC[C@H]3N(C(=O)CN3C(=O)c4ccccc4C3=O)c3ccccc32)cc1)c1ccccc1. The first-order valence-electron chi connectivity index (χ1n) is 16.2. The molecule has 3 aliphatic rings. The highest BCUT2D eigenvalue weighted by Crippen LogP contribution is 2.43. The monoisotopic (exact) mass is 641 g/mol. The Morgan fingerprint density at radius 1 is 0.750 bits per heavy atom. The van der Waals surface area contributed by atoms with Crippen molar-refractivity contribution in [3.8, 4) is 0 Å². The number of carbonyl (C=O) groups excluding carboxylic acids is 5. The van der Waals surface area contributed by atoms with E-state index in [2.05, 4.69) is 10.6 Å². The van der Waals surface area contributed by atoms with E-state index < -0.39 is 36.2 Å². The zero-order valence-electron chi connectivity index (χ0n) is 26.5. The van der Waals surface area contributed by atoms with Crippen molar-refractivity contribution in [2.24, 2.45) is 5.92 Å². The van der Waals surface area contributed by atoms with E-state index in [1.54, 1.807) is 46.2 Å². The van der Waals surface area contributed by atoms with Crippen LogP contribution in [-0.2, 0) is 16.1 Å². The maximum Gasteiger partial charge on any atom is 0.319 e. The second-order valence-electron chi connectivity index (χ2n) is 12.5. The number of para-hydroxylation sites is 2. The quantitative estimate of drug-likeness (QED) is 0.243. The number of hydrogen-bond donors (Lipinski definition) is 2. The third-order valence-electron chi connectivity index (χ3n) is 9.47. The van der Waals surface area contributed by atoms with Crippen LogP contribution in [0.5, 0.6) is 0 Å². The first-order chi connectivity index (χ1) is 23.3. The molecule has 0 unspecified atom stereocenters. The van der Waals surface area contributed by atoms with Crippen LogP contribution < -0.4 is 20.4 Å². The van der Waals surface area contributed by atoms with Crippen molar-refractivity contribution >= 4 is 46.7 Å². The Morgan fingerprint density at radius 2 is 1.38 bits per heavy atom. The van der Waals surface area contributed by atoms with E-state index in [-0.39, 0.29) is 35.7 Å². The molecule has 4 aromatic rings. The van der Waals surface area contributed by atoms with Gasteiger partial charge in [-0.3, -0.25) is 24.1 Å². The zero-order chi connectivity index (χ0) is 33.4. The van der Waals surface area contributed by atoms with E-state index in [1.165, 1.54) is 0 Å². The van der Waals surface area contributed by atoms with E-state index in [1.807, 2.05) is 73.7 Å². The summed E-state index contributed by atoms with van der Waals surface area (Å²) in [6, 6.07) is 30.0. The molecule has 3 atom stereocenters. The lowest BCUT2D eigenvalue weighted by Crippen LogP contribution is -2.49. The van der Waals surface area contributed by atoms with Crippen molar-refractivity contribution in [2.75, 3.05) is 21.7 Å². The smallest absolute Gasteiger partial charge is 0.319 e. The first-order valence-corrected chi connectivity index (χ1v) is 16.2. The van der Waals surface area contributed by atoms with Crippen LogP contribution in [0.25, 0.3) is 0 Å². The van der Waals surface area contributed by atoms with Gasteiger partial charge in [-0.05, 0) is 67.3 Å². The molecule has 7 rings (SSSR count). The molecule has 0 radical (unpaired) electrons. The van der Waals surface area contributed by atoms with Crippen molar-refractivity contribution in [1.82, 2.24) is 10.2 Å². The van der Waals surface area contributed by atoms with Crippen molar-refractivity contribution in [1.29, 1.82) is 0 Å². The summed E-state index contributed by atoms with van der Waals surface area (Å²) in [6.45, 7) is 1.77. The molecule has 6 amide bonds. The fourth-order valence-electron chi connectivity index (χ4n) is 7.07. The van der Waals surface area contributed by atoms with Gasteiger partial charge in [0.2, 0.25) is 11.8 Å². The molecule has 1 saturated carbocycles. The first kappa shape index (κ1) is 30.9. The molecule has 2 aliphatic heterocycles. The summed E-state index contributed by atoms with van der Waals surface area (Å²) in [7, 11) is 0. The number of nitrogens with one attached hydrogen (secondary N) is 2. The van der Waals surface area contributed by atoms with Gasteiger partial charge in [-0.1, -0.05) is 73.2 Å². The summed E-state index contributed by atoms with van der Waals surface area (Å²) >= 11 is 0. The summed E-state index contributed by atoms with van der Waals surface area (Å²) < 4.78 is 0. The highest BCUT2D eigenvalue weighted by atomic mass is 16.2. The summed E-state index contributed by atoms with van der Waals surface area (Å²) in [5.74, 6) is -1.89.